The monoisotopic (exact) mass is 336 g/mol. The Hall–Kier alpha value is -1.89. The number of aliphatic hydroxyl groups is 1. The molecule has 2 saturated carbocycles. The zero-order valence-corrected chi connectivity index (χ0v) is 13.8. The van der Waals surface area contributed by atoms with Crippen molar-refractivity contribution in [2.24, 2.45) is 17.3 Å². The van der Waals surface area contributed by atoms with Gasteiger partial charge in [0.15, 0.2) is 0 Å². The molecule has 0 bridgehead atoms. The molecule has 0 amide bonds. The SMILES string of the molecule is CC(=O)O[C@@H]1CC[C@@H]2C(=O)O[C@H]3C4=C(C)C(=O)O[C@@]4(O)C[C@@H]1[C@@]23C. The molecule has 7 heteroatoms. The van der Waals surface area contributed by atoms with Crippen LogP contribution in [0.4, 0.5) is 0 Å². The Morgan fingerprint density at radius 1 is 1.33 bits per heavy atom. The molecule has 0 radical (unpaired) electrons. The second kappa shape index (κ2) is 4.59. The third-order valence-corrected chi connectivity index (χ3v) is 6.29. The van der Waals surface area contributed by atoms with E-state index in [-0.39, 0.29) is 24.2 Å². The summed E-state index contributed by atoms with van der Waals surface area (Å²) in [5.74, 6) is -3.78. The van der Waals surface area contributed by atoms with E-state index in [0.717, 1.165) is 0 Å². The number of fused-ring (bicyclic) bond motifs is 2. The number of hydrogen-bond donors (Lipinski definition) is 1. The molecule has 1 N–H and O–H groups in total. The predicted octanol–water partition coefficient (Wildman–Crippen LogP) is 0.842. The van der Waals surface area contributed by atoms with E-state index < -0.39 is 35.3 Å². The molecule has 0 spiro atoms. The van der Waals surface area contributed by atoms with E-state index in [1.165, 1.54) is 6.92 Å². The minimum Gasteiger partial charge on any atom is -0.462 e. The van der Waals surface area contributed by atoms with Crippen LogP contribution in [-0.2, 0) is 28.6 Å². The number of hydrogen-bond acceptors (Lipinski definition) is 7. The van der Waals surface area contributed by atoms with Crippen molar-refractivity contribution in [3.63, 3.8) is 0 Å². The zero-order chi connectivity index (χ0) is 17.4. The van der Waals surface area contributed by atoms with Gasteiger partial charge in [0.25, 0.3) is 0 Å². The Kier molecular flexibility index (Phi) is 2.99. The van der Waals surface area contributed by atoms with Crippen molar-refractivity contribution in [1.82, 2.24) is 0 Å². The van der Waals surface area contributed by atoms with E-state index in [9.17, 15) is 19.5 Å². The average Bonchev–Trinajstić information content (AvgIpc) is 2.85. The Morgan fingerprint density at radius 2 is 2.04 bits per heavy atom. The van der Waals surface area contributed by atoms with Crippen LogP contribution < -0.4 is 0 Å². The van der Waals surface area contributed by atoms with Crippen LogP contribution in [0.3, 0.4) is 0 Å². The van der Waals surface area contributed by atoms with Crippen LogP contribution in [0.25, 0.3) is 0 Å². The standard InChI is InChI=1S/C17H20O7/c1-7-12-13-16(3)9(15(20)23-13)4-5-11(22-8(2)18)10(16)6-17(12,21)24-14(7)19/h9-11,13,21H,4-6H2,1-3H3/t9-,10+,11-,13+,16-,17+/m1/s1. The van der Waals surface area contributed by atoms with Crippen LogP contribution in [-0.4, -0.2) is 41.0 Å². The molecule has 0 aromatic heterocycles. The molecule has 2 aliphatic carbocycles. The van der Waals surface area contributed by atoms with Crippen molar-refractivity contribution in [2.45, 2.75) is 58.0 Å². The topological polar surface area (TPSA) is 99.1 Å². The molecule has 24 heavy (non-hydrogen) atoms. The quantitative estimate of drug-likeness (QED) is 0.559. The first-order valence-corrected chi connectivity index (χ1v) is 8.23. The molecule has 0 aromatic carbocycles. The van der Waals surface area contributed by atoms with Crippen molar-refractivity contribution in [1.29, 1.82) is 0 Å². The van der Waals surface area contributed by atoms with E-state index in [1.807, 2.05) is 6.92 Å². The van der Waals surface area contributed by atoms with Gasteiger partial charge in [-0.3, -0.25) is 9.59 Å². The fourth-order valence-corrected chi connectivity index (χ4v) is 5.19. The van der Waals surface area contributed by atoms with E-state index in [2.05, 4.69) is 0 Å². The largest absolute Gasteiger partial charge is 0.462 e. The summed E-state index contributed by atoms with van der Waals surface area (Å²) in [5, 5.41) is 10.9. The van der Waals surface area contributed by atoms with Crippen molar-refractivity contribution < 1.29 is 33.7 Å². The van der Waals surface area contributed by atoms with Gasteiger partial charge >= 0.3 is 17.9 Å². The van der Waals surface area contributed by atoms with Crippen LogP contribution in [0.15, 0.2) is 11.1 Å². The summed E-state index contributed by atoms with van der Waals surface area (Å²) in [4.78, 5) is 35.9. The van der Waals surface area contributed by atoms with E-state index in [1.54, 1.807) is 6.92 Å². The minimum atomic E-state index is -1.79. The lowest BCUT2D eigenvalue weighted by molar-refractivity contribution is -0.224. The van der Waals surface area contributed by atoms with Crippen LogP contribution in [0.5, 0.6) is 0 Å². The summed E-state index contributed by atoms with van der Waals surface area (Å²) in [6, 6.07) is 0. The zero-order valence-electron chi connectivity index (χ0n) is 13.8. The fourth-order valence-electron chi connectivity index (χ4n) is 5.19. The fraction of sp³-hybridized carbons (Fsp3) is 0.706. The van der Waals surface area contributed by atoms with Gasteiger partial charge in [0.05, 0.1) is 11.5 Å². The highest BCUT2D eigenvalue weighted by atomic mass is 16.7. The maximum atomic E-state index is 12.4. The summed E-state index contributed by atoms with van der Waals surface area (Å²) >= 11 is 0. The van der Waals surface area contributed by atoms with Crippen molar-refractivity contribution in [2.75, 3.05) is 0 Å². The molecule has 2 aliphatic heterocycles. The first-order valence-electron chi connectivity index (χ1n) is 8.23. The van der Waals surface area contributed by atoms with Gasteiger partial charge in [-0.1, -0.05) is 6.92 Å². The van der Waals surface area contributed by atoms with E-state index >= 15 is 0 Å². The lowest BCUT2D eigenvalue weighted by Gasteiger charge is -2.53. The summed E-state index contributed by atoms with van der Waals surface area (Å²) in [6.07, 6.45) is 0.00653. The van der Waals surface area contributed by atoms with Crippen LogP contribution in [0.1, 0.15) is 40.0 Å². The maximum Gasteiger partial charge on any atom is 0.336 e. The van der Waals surface area contributed by atoms with Crippen molar-refractivity contribution in [3.05, 3.63) is 11.1 Å². The molecule has 6 atom stereocenters. The molecule has 7 nitrogen and oxygen atoms in total. The molecular weight excluding hydrogens is 316 g/mol. The van der Waals surface area contributed by atoms with Gasteiger partial charge in [0.2, 0.25) is 5.79 Å². The van der Waals surface area contributed by atoms with Crippen molar-refractivity contribution in [3.8, 4) is 0 Å². The molecule has 4 aliphatic rings. The maximum absolute atomic E-state index is 12.4. The second-order valence-corrected chi connectivity index (χ2v) is 7.48. The van der Waals surface area contributed by atoms with Gasteiger partial charge in [-0.25, -0.2) is 4.79 Å². The van der Waals surface area contributed by atoms with Gasteiger partial charge in [-0.05, 0) is 19.8 Å². The minimum absolute atomic E-state index is 0.101. The number of carbonyl (C=O) groups excluding carboxylic acids is 3. The van der Waals surface area contributed by atoms with Gasteiger partial charge < -0.3 is 19.3 Å². The lowest BCUT2D eigenvalue weighted by atomic mass is 9.52. The average molecular weight is 336 g/mol. The molecular formula is C17H20O7. The molecule has 2 heterocycles. The first-order chi connectivity index (χ1) is 11.2. The van der Waals surface area contributed by atoms with E-state index in [4.69, 9.17) is 14.2 Å². The van der Waals surface area contributed by atoms with Crippen LogP contribution >= 0.6 is 0 Å². The highest BCUT2D eigenvalue weighted by Crippen LogP contribution is 2.63. The van der Waals surface area contributed by atoms with E-state index in [0.29, 0.717) is 24.0 Å². The number of rotatable bonds is 1. The molecule has 4 rings (SSSR count). The van der Waals surface area contributed by atoms with Gasteiger partial charge in [0.1, 0.15) is 12.2 Å². The van der Waals surface area contributed by atoms with Gasteiger partial charge in [-0.2, -0.15) is 0 Å². The summed E-state index contributed by atoms with van der Waals surface area (Å²) in [6.45, 7) is 4.84. The highest BCUT2D eigenvalue weighted by molar-refractivity contribution is 5.93. The lowest BCUT2D eigenvalue weighted by Crippen LogP contribution is -2.60. The Balaban J connectivity index is 1.85. The van der Waals surface area contributed by atoms with Crippen LogP contribution in [0, 0.1) is 17.3 Å². The molecule has 0 aromatic rings. The molecule has 1 saturated heterocycles. The van der Waals surface area contributed by atoms with Gasteiger partial charge in [-0.15, -0.1) is 0 Å². The summed E-state index contributed by atoms with van der Waals surface area (Å²) in [7, 11) is 0. The van der Waals surface area contributed by atoms with Crippen LogP contribution in [0.2, 0.25) is 0 Å². The van der Waals surface area contributed by atoms with Gasteiger partial charge in [0, 0.05) is 30.3 Å². The molecule has 130 valence electrons. The smallest absolute Gasteiger partial charge is 0.336 e. The number of esters is 3. The summed E-state index contributed by atoms with van der Waals surface area (Å²) < 4.78 is 16.3. The first kappa shape index (κ1) is 15.6. The number of carbonyl (C=O) groups is 3. The Morgan fingerprint density at radius 3 is 2.71 bits per heavy atom. The molecule has 0 unspecified atom stereocenters. The highest BCUT2D eigenvalue weighted by Gasteiger charge is 2.71. The Labute approximate surface area is 138 Å². The second-order valence-electron chi connectivity index (χ2n) is 7.48. The number of ether oxygens (including phenoxy) is 3. The normalized spacial score (nSPS) is 46.2. The third kappa shape index (κ3) is 1.73. The Bertz CT molecular complexity index is 695. The predicted molar refractivity (Wildman–Crippen MR) is 78.1 cm³/mol. The summed E-state index contributed by atoms with van der Waals surface area (Å²) in [5.41, 5.74) is 0.0162. The van der Waals surface area contributed by atoms with Crippen molar-refractivity contribution >= 4 is 17.9 Å². The third-order valence-electron chi connectivity index (χ3n) is 6.29. The molecule has 3 fully saturated rings.